The largest absolute Gasteiger partial charge is 0.478 e. The van der Waals surface area contributed by atoms with Crippen LogP contribution >= 0.6 is 34.7 Å². The number of thiophene rings is 1. The fourth-order valence-corrected chi connectivity index (χ4v) is 4.79. The van der Waals surface area contributed by atoms with Crippen LogP contribution in [0, 0.1) is 0 Å². The first-order valence-corrected chi connectivity index (χ1v) is 11.2. The summed E-state index contributed by atoms with van der Waals surface area (Å²) in [5.74, 6) is -0.920. The Morgan fingerprint density at radius 1 is 1.32 bits per heavy atom. The summed E-state index contributed by atoms with van der Waals surface area (Å²) in [5.41, 5.74) is 2.89. The van der Waals surface area contributed by atoms with Gasteiger partial charge in [-0.2, -0.15) is 0 Å². The van der Waals surface area contributed by atoms with Crippen LogP contribution in [0.2, 0.25) is 5.02 Å². The maximum atomic E-state index is 11.8. The molecule has 0 saturated heterocycles. The van der Waals surface area contributed by atoms with E-state index in [-0.39, 0.29) is 0 Å². The summed E-state index contributed by atoms with van der Waals surface area (Å²) in [6.07, 6.45) is 5.07. The van der Waals surface area contributed by atoms with E-state index >= 15 is 0 Å². The number of hydrogen-bond donors (Lipinski definition) is 2. The average Bonchev–Trinajstić information content (AvgIpc) is 3.18. The molecule has 3 aromatic rings. The van der Waals surface area contributed by atoms with Gasteiger partial charge in [0.25, 0.3) is 0 Å². The predicted molar refractivity (Wildman–Crippen MR) is 115 cm³/mol. The van der Waals surface area contributed by atoms with Crippen LogP contribution < -0.4 is 0 Å². The van der Waals surface area contributed by atoms with E-state index in [1.54, 1.807) is 29.2 Å². The number of hydrogen-bond acceptors (Lipinski definition) is 4. The van der Waals surface area contributed by atoms with Crippen molar-refractivity contribution in [2.24, 2.45) is 0 Å². The second kappa shape index (κ2) is 8.55. The van der Waals surface area contributed by atoms with Gasteiger partial charge in [-0.05, 0) is 42.0 Å². The lowest BCUT2D eigenvalue weighted by molar-refractivity contribution is -0.132. The molecule has 4 nitrogen and oxygen atoms in total. The van der Waals surface area contributed by atoms with E-state index in [9.17, 15) is 9.90 Å². The minimum absolute atomic E-state index is 0.331. The molecule has 1 aliphatic rings. The van der Waals surface area contributed by atoms with Crippen LogP contribution in [0.25, 0.3) is 6.08 Å². The van der Waals surface area contributed by atoms with Gasteiger partial charge in [-0.25, -0.2) is 9.78 Å². The zero-order valence-corrected chi connectivity index (χ0v) is 17.4. The number of carboxylic acids is 1. The summed E-state index contributed by atoms with van der Waals surface area (Å²) in [7, 11) is 0. The first-order chi connectivity index (χ1) is 13.6. The second-order valence-corrected chi connectivity index (χ2v) is 9.45. The summed E-state index contributed by atoms with van der Waals surface area (Å²) >= 11 is 9.61. The zero-order valence-electron chi connectivity index (χ0n) is 15.0. The Morgan fingerprint density at radius 3 is 2.82 bits per heavy atom. The van der Waals surface area contributed by atoms with Gasteiger partial charge >= 0.3 is 5.97 Å². The molecule has 2 heterocycles. The Labute approximate surface area is 176 Å². The first kappa shape index (κ1) is 19.3. The molecule has 2 N–H and O–H groups in total. The third-order valence-electron chi connectivity index (χ3n) is 4.45. The molecule has 1 fully saturated rings. The highest BCUT2D eigenvalue weighted by Gasteiger charge is 2.25. The number of nitrogens with zero attached hydrogens (tertiary/aromatic N) is 1. The number of carbonyl (C=O) groups is 1. The van der Waals surface area contributed by atoms with Crippen LogP contribution in [-0.4, -0.2) is 26.3 Å². The molecule has 1 aromatic carbocycles. The quantitative estimate of drug-likeness (QED) is 0.451. The Bertz CT molecular complexity index is 1010. The van der Waals surface area contributed by atoms with Crippen LogP contribution in [-0.2, 0) is 17.6 Å². The number of aliphatic carboxylic acids is 1. The van der Waals surface area contributed by atoms with Gasteiger partial charge in [-0.3, -0.25) is 0 Å². The third-order valence-corrected chi connectivity index (χ3v) is 6.91. The molecule has 0 atom stereocenters. The molecule has 7 heteroatoms. The fourth-order valence-electron chi connectivity index (χ4n) is 2.84. The van der Waals surface area contributed by atoms with Crippen molar-refractivity contribution < 1.29 is 9.90 Å². The van der Waals surface area contributed by atoms with Crippen molar-refractivity contribution in [3.05, 3.63) is 74.2 Å². The van der Waals surface area contributed by atoms with Crippen LogP contribution in [0.5, 0.6) is 0 Å². The van der Waals surface area contributed by atoms with Crippen LogP contribution in [0.4, 0.5) is 0 Å². The summed E-state index contributed by atoms with van der Waals surface area (Å²) in [5, 5.41) is 13.8. The highest BCUT2D eigenvalue weighted by molar-refractivity contribution is 8.00. The second-order valence-electron chi connectivity index (χ2n) is 6.72. The molecule has 0 radical (unpaired) electrons. The van der Waals surface area contributed by atoms with Crippen molar-refractivity contribution in [1.29, 1.82) is 0 Å². The molecule has 0 amide bonds. The standard InChI is InChI=1S/C21H19ClN2O2S2/c22-17-6-2-1-4-13(17)11-18-19(24-21(23-18)28-15-7-8-15)12-14(20(25)26)10-16-5-3-9-27-16/h1-6,9,12,15H,7-8,10-11H2,(H,23,24)(H,25,26). The van der Waals surface area contributed by atoms with E-state index in [4.69, 9.17) is 16.6 Å². The van der Waals surface area contributed by atoms with Crippen molar-refractivity contribution in [2.75, 3.05) is 0 Å². The van der Waals surface area contributed by atoms with E-state index < -0.39 is 5.97 Å². The molecular formula is C21H19ClN2O2S2. The van der Waals surface area contributed by atoms with Gasteiger partial charge < -0.3 is 10.1 Å². The molecule has 0 aliphatic heterocycles. The molecule has 0 unspecified atom stereocenters. The molecule has 0 spiro atoms. The number of aromatic amines is 1. The fraction of sp³-hybridized carbons (Fsp3) is 0.238. The number of halogens is 1. The van der Waals surface area contributed by atoms with E-state index in [1.165, 1.54) is 12.8 Å². The minimum Gasteiger partial charge on any atom is -0.478 e. The van der Waals surface area contributed by atoms with Gasteiger partial charge in [-0.15, -0.1) is 11.3 Å². The topological polar surface area (TPSA) is 66.0 Å². The number of imidazole rings is 1. The summed E-state index contributed by atoms with van der Waals surface area (Å²) in [6.45, 7) is 0. The van der Waals surface area contributed by atoms with E-state index in [1.807, 2.05) is 41.8 Å². The van der Waals surface area contributed by atoms with Crippen molar-refractivity contribution in [3.8, 4) is 0 Å². The molecule has 144 valence electrons. The lowest BCUT2D eigenvalue weighted by Crippen LogP contribution is -2.04. The van der Waals surface area contributed by atoms with Crippen molar-refractivity contribution in [2.45, 2.75) is 36.1 Å². The minimum atomic E-state index is -0.920. The van der Waals surface area contributed by atoms with E-state index in [0.29, 0.717) is 34.4 Å². The number of carboxylic acid groups (broad SMARTS) is 1. The molecule has 1 saturated carbocycles. The highest BCUT2D eigenvalue weighted by atomic mass is 35.5. The van der Waals surface area contributed by atoms with Crippen LogP contribution in [0.15, 0.2) is 52.5 Å². The van der Waals surface area contributed by atoms with E-state index in [2.05, 4.69) is 4.98 Å². The molecule has 0 bridgehead atoms. The Hall–Kier alpha value is -2.02. The first-order valence-electron chi connectivity index (χ1n) is 9.03. The van der Waals surface area contributed by atoms with Crippen molar-refractivity contribution in [1.82, 2.24) is 9.97 Å². The molecule has 28 heavy (non-hydrogen) atoms. The number of rotatable bonds is 8. The molecule has 2 aromatic heterocycles. The summed E-state index contributed by atoms with van der Waals surface area (Å²) < 4.78 is 0. The molecule has 4 rings (SSSR count). The Kier molecular flexibility index (Phi) is 5.90. The van der Waals surface area contributed by atoms with Crippen LogP contribution in [0.1, 0.15) is 34.7 Å². The Morgan fingerprint density at radius 2 is 2.14 bits per heavy atom. The SMILES string of the molecule is O=C(O)C(=Cc1nc(SC2CC2)[nH]c1Cc1ccccc1Cl)Cc1cccs1. The number of thioether (sulfide) groups is 1. The van der Waals surface area contributed by atoms with Gasteiger partial charge in [0, 0.05) is 39.3 Å². The van der Waals surface area contributed by atoms with Gasteiger partial charge in [0.1, 0.15) is 0 Å². The Balaban J connectivity index is 1.67. The number of nitrogens with one attached hydrogen (secondary N) is 1. The summed E-state index contributed by atoms with van der Waals surface area (Å²) in [4.78, 5) is 20.9. The van der Waals surface area contributed by atoms with Gasteiger partial charge in [0.15, 0.2) is 5.16 Å². The lowest BCUT2D eigenvalue weighted by Gasteiger charge is -2.04. The number of benzene rings is 1. The predicted octanol–water partition coefficient (Wildman–Crippen LogP) is 5.68. The monoisotopic (exact) mass is 430 g/mol. The van der Waals surface area contributed by atoms with Gasteiger partial charge in [0.05, 0.1) is 5.69 Å². The van der Waals surface area contributed by atoms with Crippen molar-refractivity contribution >= 4 is 46.7 Å². The zero-order chi connectivity index (χ0) is 19.5. The van der Waals surface area contributed by atoms with Gasteiger partial charge in [-0.1, -0.05) is 47.6 Å². The smallest absolute Gasteiger partial charge is 0.332 e. The maximum Gasteiger partial charge on any atom is 0.332 e. The van der Waals surface area contributed by atoms with E-state index in [0.717, 1.165) is 21.3 Å². The molecule has 1 aliphatic carbocycles. The third kappa shape index (κ3) is 4.87. The summed E-state index contributed by atoms with van der Waals surface area (Å²) in [6, 6.07) is 11.6. The highest BCUT2D eigenvalue weighted by Crippen LogP contribution is 2.38. The van der Waals surface area contributed by atoms with Gasteiger partial charge in [0.2, 0.25) is 0 Å². The lowest BCUT2D eigenvalue weighted by atomic mass is 10.1. The number of aromatic nitrogens is 2. The van der Waals surface area contributed by atoms with Crippen LogP contribution in [0.3, 0.4) is 0 Å². The van der Waals surface area contributed by atoms with Crippen molar-refractivity contribution in [3.63, 3.8) is 0 Å². The maximum absolute atomic E-state index is 11.8. The molecular weight excluding hydrogens is 412 g/mol. The number of H-pyrrole nitrogens is 1. The average molecular weight is 431 g/mol. The normalized spacial score (nSPS) is 14.4.